The van der Waals surface area contributed by atoms with Gasteiger partial charge in [-0.1, -0.05) is 6.08 Å². The molecule has 0 saturated carbocycles. The average molecular weight is 162 g/mol. The minimum atomic E-state index is 0.691. The normalized spacial score (nSPS) is 11.7. The highest BCUT2D eigenvalue weighted by molar-refractivity contribution is 5.97. The van der Waals surface area contributed by atoms with Crippen LogP contribution in [0.4, 0.5) is 0 Å². The van der Waals surface area contributed by atoms with Crippen LogP contribution >= 0.6 is 0 Å². The van der Waals surface area contributed by atoms with E-state index < -0.39 is 0 Å². The van der Waals surface area contributed by atoms with Crippen LogP contribution in [0.5, 0.6) is 0 Å². The van der Waals surface area contributed by atoms with E-state index in [-0.39, 0.29) is 0 Å². The third-order valence-electron chi connectivity index (χ3n) is 1.77. The minimum absolute atomic E-state index is 0.691. The molecule has 0 bridgehead atoms. The van der Waals surface area contributed by atoms with Gasteiger partial charge in [-0.3, -0.25) is 4.99 Å². The van der Waals surface area contributed by atoms with E-state index in [1.165, 1.54) is 0 Å². The summed E-state index contributed by atoms with van der Waals surface area (Å²) >= 11 is 0. The Balaban J connectivity index is 2.83. The molecule has 1 aromatic heterocycles. The largest absolute Gasteiger partial charge is 0.350 e. The minimum Gasteiger partial charge on any atom is -0.350 e. The number of nitrogens with zero attached hydrogens (tertiary/aromatic N) is 2. The number of aliphatic imine (C=N–C) groups is 1. The molecule has 64 valence electrons. The van der Waals surface area contributed by atoms with Crippen molar-refractivity contribution < 1.29 is 0 Å². The van der Waals surface area contributed by atoms with Crippen LogP contribution < -0.4 is 0 Å². The van der Waals surface area contributed by atoms with E-state index in [0.29, 0.717) is 6.54 Å². The fourth-order valence-electron chi connectivity index (χ4n) is 1.12. The first kappa shape index (κ1) is 8.78. The fourth-order valence-corrected chi connectivity index (χ4v) is 1.12. The van der Waals surface area contributed by atoms with Gasteiger partial charge >= 0.3 is 0 Å². The highest BCUT2D eigenvalue weighted by Gasteiger charge is 1.98. The lowest BCUT2D eigenvalue weighted by Crippen LogP contribution is -2.02. The SMILES string of the molecule is C=CCN=C(C)c1cccn1C. The molecule has 0 aliphatic rings. The summed E-state index contributed by atoms with van der Waals surface area (Å²) in [6.07, 6.45) is 3.81. The lowest BCUT2D eigenvalue weighted by molar-refractivity contribution is 0.912. The second-order valence-corrected chi connectivity index (χ2v) is 2.72. The molecule has 0 saturated heterocycles. The molecule has 1 aromatic rings. The Morgan fingerprint density at radius 2 is 2.50 bits per heavy atom. The summed E-state index contributed by atoms with van der Waals surface area (Å²) in [5, 5.41) is 0. The third-order valence-corrected chi connectivity index (χ3v) is 1.77. The van der Waals surface area contributed by atoms with Crippen molar-refractivity contribution in [2.45, 2.75) is 6.92 Å². The van der Waals surface area contributed by atoms with Gasteiger partial charge in [0.05, 0.1) is 18.0 Å². The number of hydrogen-bond donors (Lipinski definition) is 0. The number of aryl methyl sites for hydroxylation is 1. The molecule has 12 heavy (non-hydrogen) atoms. The maximum Gasteiger partial charge on any atom is 0.0615 e. The summed E-state index contributed by atoms with van der Waals surface area (Å²) in [7, 11) is 2.02. The summed E-state index contributed by atoms with van der Waals surface area (Å²) in [6, 6.07) is 4.07. The van der Waals surface area contributed by atoms with Crippen LogP contribution in [0.25, 0.3) is 0 Å². The van der Waals surface area contributed by atoms with Crippen LogP contribution in [0.15, 0.2) is 36.0 Å². The smallest absolute Gasteiger partial charge is 0.0615 e. The Labute approximate surface area is 73.2 Å². The number of rotatable bonds is 3. The molecule has 0 radical (unpaired) electrons. The molecule has 0 N–H and O–H groups in total. The maximum absolute atomic E-state index is 4.32. The number of aromatic nitrogens is 1. The summed E-state index contributed by atoms with van der Waals surface area (Å²) in [4.78, 5) is 4.32. The molecule has 0 atom stereocenters. The molecule has 1 heterocycles. The first-order valence-electron chi connectivity index (χ1n) is 3.99. The predicted octanol–water partition coefficient (Wildman–Crippen LogP) is 2.02. The highest BCUT2D eigenvalue weighted by Crippen LogP contribution is 2.01. The van der Waals surface area contributed by atoms with Gasteiger partial charge in [0, 0.05) is 13.2 Å². The van der Waals surface area contributed by atoms with Crippen LogP contribution in [-0.2, 0) is 7.05 Å². The van der Waals surface area contributed by atoms with Crippen molar-refractivity contribution >= 4 is 5.71 Å². The Kier molecular flexibility index (Phi) is 2.86. The fraction of sp³-hybridized carbons (Fsp3) is 0.300. The molecule has 0 aliphatic carbocycles. The molecule has 2 nitrogen and oxygen atoms in total. The van der Waals surface area contributed by atoms with Crippen LogP contribution in [0.3, 0.4) is 0 Å². The Hall–Kier alpha value is -1.31. The molecule has 0 fully saturated rings. The molecule has 0 amide bonds. The standard InChI is InChI=1S/C10H14N2/c1-4-7-11-9(2)10-6-5-8-12(10)3/h4-6,8H,1,7H2,2-3H3. The van der Waals surface area contributed by atoms with E-state index in [1.807, 2.05) is 26.2 Å². The van der Waals surface area contributed by atoms with Gasteiger partial charge < -0.3 is 4.57 Å². The van der Waals surface area contributed by atoms with Crippen molar-refractivity contribution in [3.63, 3.8) is 0 Å². The monoisotopic (exact) mass is 162 g/mol. The second kappa shape index (κ2) is 3.90. The van der Waals surface area contributed by atoms with Crippen molar-refractivity contribution in [3.8, 4) is 0 Å². The van der Waals surface area contributed by atoms with Gasteiger partial charge in [-0.15, -0.1) is 6.58 Å². The summed E-state index contributed by atoms with van der Waals surface area (Å²) < 4.78 is 2.06. The molecule has 0 aliphatic heterocycles. The van der Waals surface area contributed by atoms with E-state index in [2.05, 4.69) is 22.2 Å². The zero-order valence-electron chi connectivity index (χ0n) is 7.62. The van der Waals surface area contributed by atoms with E-state index in [4.69, 9.17) is 0 Å². The third kappa shape index (κ3) is 1.84. The molecular weight excluding hydrogens is 148 g/mol. The van der Waals surface area contributed by atoms with Gasteiger partial charge in [0.15, 0.2) is 0 Å². The molecule has 0 unspecified atom stereocenters. The van der Waals surface area contributed by atoms with Crippen molar-refractivity contribution in [3.05, 3.63) is 36.7 Å². The van der Waals surface area contributed by atoms with E-state index in [0.717, 1.165) is 11.4 Å². The zero-order valence-corrected chi connectivity index (χ0v) is 7.62. The Morgan fingerprint density at radius 1 is 1.75 bits per heavy atom. The average Bonchev–Trinajstić information content (AvgIpc) is 2.47. The van der Waals surface area contributed by atoms with Crippen LogP contribution in [-0.4, -0.2) is 16.8 Å². The lowest BCUT2D eigenvalue weighted by Gasteiger charge is -2.01. The summed E-state index contributed by atoms with van der Waals surface area (Å²) in [6.45, 7) is 6.33. The van der Waals surface area contributed by atoms with Crippen molar-refractivity contribution in [1.29, 1.82) is 0 Å². The second-order valence-electron chi connectivity index (χ2n) is 2.72. The topological polar surface area (TPSA) is 17.3 Å². The van der Waals surface area contributed by atoms with Crippen LogP contribution in [0.1, 0.15) is 12.6 Å². The summed E-state index contributed by atoms with van der Waals surface area (Å²) in [5.74, 6) is 0. The highest BCUT2D eigenvalue weighted by atomic mass is 14.9. The molecule has 1 rings (SSSR count). The predicted molar refractivity (Wildman–Crippen MR) is 52.7 cm³/mol. The quantitative estimate of drug-likeness (QED) is 0.478. The van der Waals surface area contributed by atoms with E-state index in [1.54, 1.807) is 6.08 Å². The van der Waals surface area contributed by atoms with Crippen LogP contribution in [0.2, 0.25) is 0 Å². The molecule has 0 aromatic carbocycles. The Bertz CT molecular complexity index is 295. The lowest BCUT2D eigenvalue weighted by atomic mass is 10.3. The van der Waals surface area contributed by atoms with Gasteiger partial charge in [-0.25, -0.2) is 0 Å². The zero-order chi connectivity index (χ0) is 8.97. The van der Waals surface area contributed by atoms with Gasteiger partial charge in [-0.05, 0) is 19.1 Å². The van der Waals surface area contributed by atoms with E-state index >= 15 is 0 Å². The van der Waals surface area contributed by atoms with Gasteiger partial charge in [0.2, 0.25) is 0 Å². The van der Waals surface area contributed by atoms with Crippen molar-refractivity contribution in [2.75, 3.05) is 6.54 Å². The number of hydrogen-bond acceptors (Lipinski definition) is 1. The van der Waals surface area contributed by atoms with Gasteiger partial charge in [0.1, 0.15) is 0 Å². The first-order chi connectivity index (χ1) is 5.75. The molecule has 0 spiro atoms. The van der Waals surface area contributed by atoms with Crippen molar-refractivity contribution in [2.24, 2.45) is 12.0 Å². The Morgan fingerprint density at radius 3 is 3.00 bits per heavy atom. The molecular formula is C10H14N2. The van der Waals surface area contributed by atoms with Gasteiger partial charge in [0.25, 0.3) is 0 Å². The molecule has 2 heteroatoms. The maximum atomic E-state index is 4.32. The van der Waals surface area contributed by atoms with Crippen molar-refractivity contribution in [1.82, 2.24) is 4.57 Å². The van der Waals surface area contributed by atoms with E-state index in [9.17, 15) is 0 Å². The van der Waals surface area contributed by atoms with Crippen LogP contribution in [0, 0.1) is 0 Å². The van der Waals surface area contributed by atoms with Gasteiger partial charge in [-0.2, -0.15) is 0 Å². The summed E-state index contributed by atoms with van der Waals surface area (Å²) in [5.41, 5.74) is 2.22. The first-order valence-corrected chi connectivity index (χ1v) is 3.99.